The second-order valence-corrected chi connectivity index (χ2v) is 2.79. The number of carbonyl (C=O) groups is 1. The van der Waals surface area contributed by atoms with Crippen LogP contribution in [0, 0.1) is 5.92 Å². The first kappa shape index (κ1) is 11.8. The number of hydrogen-bond donors (Lipinski definition) is 1. The molecule has 0 rings (SSSR count). The van der Waals surface area contributed by atoms with Crippen LogP contribution in [0.5, 0.6) is 0 Å². The molecule has 0 spiro atoms. The molecule has 61 valence electrons. The topological polar surface area (TPSA) is 43.1 Å². The molecule has 0 fully saturated rings. The molecule has 5 radical (unpaired) electrons. The lowest BCUT2D eigenvalue weighted by molar-refractivity contribution is -0.115. The maximum Gasteiger partial charge on any atom is 0.146 e. The summed E-state index contributed by atoms with van der Waals surface area (Å²) >= 11 is 0. The van der Waals surface area contributed by atoms with Gasteiger partial charge < -0.3 is 10.5 Å². The third-order valence-electron chi connectivity index (χ3n) is 1.86. The van der Waals surface area contributed by atoms with Crippen molar-refractivity contribution in [1.82, 2.24) is 0 Å². The average molecular weight is 160 g/mol. The first-order valence-corrected chi connectivity index (χ1v) is 4.25. The van der Waals surface area contributed by atoms with Gasteiger partial charge in [-0.05, 0) is 25.3 Å². The van der Waals surface area contributed by atoms with Crippen molar-refractivity contribution in [3.05, 3.63) is 0 Å². The Kier molecular flexibility index (Phi) is 7.36. The molecule has 0 aliphatic heterocycles. The minimum atomic E-state index is -0.110. The summed E-state index contributed by atoms with van der Waals surface area (Å²) in [4.78, 5) is 11.0. The van der Waals surface area contributed by atoms with Crippen molar-refractivity contribution in [3.8, 4) is 0 Å². The van der Waals surface area contributed by atoms with Crippen LogP contribution >= 0.6 is 0 Å². The van der Waals surface area contributed by atoms with E-state index in [0.717, 1.165) is 26.4 Å². The summed E-state index contributed by atoms with van der Waals surface area (Å²) in [5.41, 5.74) is 5.26. The van der Waals surface area contributed by atoms with Crippen LogP contribution in [0.1, 0.15) is 19.3 Å². The number of hydrogen-bond acceptors (Lipinski definition) is 2. The van der Waals surface area contributed by atoms with E-state index < -0.39 is 0 Å². The molecular weight excluding hydrogens is 147 g/mol. The van der Waals surface area contributed by atoms with E-state index in [0.29, 0.717) is 12.9 Å². The molecule has 0 aromatic carbocycles. The molecule has 0 bridgehead atoms. The molecule has 2 N–H and O–H groups in total. The van der Waals surface area contributed by atoms with Crippen LogP contribution in [0.4, 0.5) is 0 Å². The standard InChI is InChI=1S/C7H13B3NO/c8-5-6(7(12)10-9)3-1-2-4-11/h6H,1-5,11H2/t6-/m1/s1. The smallest absolute Gasteiger partial charge is 0.146 e. The predicted octanol–water partition coefficient (Wildman–Crippen LogP) is -0.367. The zero-order chi connectivity index (χ0) is 9.40. The Balaban J connectivity index is 3.60. The summed E-state index contributed by atoms with van der Waals surface area (Å²) < 4.78 is 0. The van der Waals surface area contributed by atoms with Gasteiger partial charge in [-0.15, -0.1) is 0 Å². The Morgan fingerprint density at radius 3 is 2.58 bits per heavy atom. The monoisotopic (exact) mass is 160 g/mol. The molecule has 0 unspecified atom stereocenters. The first-order valence-electron chi connectivity index (χ1n) is 4.25. The van der Waals surface area contributed by atoms with Crippen LogP contribution in [0.3, 0.4) is 0 Å². The van der Waals surface area contributed by atoms with Gasteiger partial charge in [0.15, 0.2) is 0 Å². The highest BCUT2D eigenvalue weighted by atomic mass is 16.1. The van der Waals surface area contributed by atoms with Gasteiger partial charge in [0.2, 0.25) is 0 Å². The molecule has 0 aromatic heterocycles. The summed E-state index contributed by atoms with van der Waals surface area (Å²) in [6, 6.07) is 0. The third kappa shape index (κ3) is 4.65. The maximum atomic E-state index is 11.0. The highest BCUT2D eigenvalue weighted by Gasteiger charge is 2.12. The SMILES string of the molecule is [B][B]C(=O)[C@@H](C[B])CCCCN. The normalized spacial score (nSPS) is 12.4. The second kappa shape index (κ2) is 7.47. The van der Waals surface area contributed by atoms with E-state index in [4.69, 9.17) is 21.3 Å². The van der Waals surface area contributed by atoms with Crippen molar-refractivity contribution in [1.29, 1.82) is 0 Å². The molecule has 0 heterocycles. The van der Waals surface area contributed by atoms with Gasteiger partial charge in [0, 0.05) is 7.74 Å². The summed E-state index contributed by atoms with van der Waals surface area (Å²) in [6.45, 7) is 0.665. The summed E-state index contributed by atoms with van der Waals surface area (Å²) in [6.07, 6.45) is 3.05. The lowest BCUT2D eigenvalue weighted by atomic mass is 9.49. The zero-order valence-corrected chi connectivity index (χ0v) is 7.33. The molecule has 0 amide bonds. The highest BCUT2D eigenvalue weighted by molar-refractivity contribution is 7.08. The van der Waals surface area contributed by atoms with Gasteiger partial charge in [-0.25, -0.2) is 0 Å². The fourth-order valence-electron chi connectivity index (χ4n) is 1.05. The van der Waals surface area contributed by atoms with E-state index in [1.807, 2.05) is 0 Å². The molecule has 1 atom stereocenters. The Labute approximate surface area is 77.7 Å². The summed E-state index contributed by atoms with van der Waals surface area (Å²) in [7, 11) is 11.6. The largest absolute Gasteiger partial charge is 0.330 e. The van der Waals surface area contributed by atoms with Gasteiger partial charge in [-0.3, -0.25) is 0 Å². The van der Waals surface area contributed by atoms with Crippen LogP contribution in [-0.4, -0.2) is 35.0 Å². The Bertz CT molecular complexity index is 132. The van der Waals surface area contributed by atoms with Crippen LogP contribution in [0.25, 0.3) is 0 Å². The molecule has 0 aliphatic carbocycles. The van der Waals surface area contributed by atoms with Crippen molar-refractivity contribution >= 4 is 28.4 Å². The average Bonchev–Trinajstić information content (AvgIpc) is 2.11. The van der Waals surface area contributed by atoms with Gasteiger partial charge in [-0.2, -0.15) is 0 Å². The summed E-state index contributed by atoms with van der Waals surface area (Å²) in [5.74, 6) is -0.110. The van der Waals surface area contributed by atoms with E-state index in [9.17, 15) is 4.79 Å². The zero-order valence-electron chi connectivity index (χ0n) is 7.33. The molecule has 5 heteroatoms. The van der Waals surface area contributed by atoms with Crippen LogP contribution in [0.15, 0.2) is 0 Å². The Morgan fingerprint density at radius 1 is 1.50 bits per heavy atom. The van der Waals surface area contributed by atoms with Gasteiger partial charge in [0.25, 0.3) is 0 Å². The number of carbonyl (C=O) groups excluding carboxylic acids is 1. The predicted molar refractivity (Wildman–Crippen MR) is 53.5 cm³/mol. The fraction of sp³-hybridized carbons (Fsp3) is 0.857. The highest BCUT2D eigenvalue weighted by Crippen LogP contribution is 2.11. The lowest BCUT2D eigenvalue weighted by Gasteiger charge is -2.12. The molecule has 2 nitrogen and oxygen atoms in total. The summed E-state index contributed by atoms with van der Waals surface area (Å²) in [5, 5.41) is 0. The molecule has 0 aromatic rings. The first-order chi connectivity index (χ1) is 5.76. The Hall–Kier alpha value is -0.175. The van der Waals surface area contributed by atoms with E-state index in [1.165, 1.54) is 0 Å². The van der Waals surface area contributed by atoms with Crippen molar-refractivity contribution in [2.24, 2.45) is 11.7 Å². The third-order valence-corrected chi connectivity index (χ3v) is 1.86. The van der Waals surface area contributed by atoms with E-state index in [-0.39, 0.29) is 11.6 Å². The fourth-order valence-corrected chi connectivity index (χ4v) is 1.05. The van der Waals surface area contributed by atoms with Crippen molar-refractivity contribution in [3.63, 3.8) is 0 Å². The van der Waals surface area contributed by atoms with Gasteiger partial charge in [0.05, 0.1) is 13.5 Å². The van der Waals surface area contributed by atoms with E-state index in [2.05, 4.69) is 0 Å². The molecular formula is C7H13B3NO. The van der Waals surface area contributed by atoms with E-state index >= 15 is 0 Å². The van der Waals surface area contributed by atoms with Crippen molar-refractivity contribution < 1.29 is 4.79 Å². The molecule has 0 saturated heterocycles. The van der Waals surface area contributed by atoms with Crippen molar-refractivity contribution in [2.45, 2.75) is 25.6 Å². The van der Waals surface area contributed by atoms with Gasteiger partial charge >= 0.3 is 0 Å². The van der Waals surface area contributed by atoms with E-state index in [1.54, 1.807) is 0 Å². The van der Waals surface area contributed by atoms with Crippen LogP contribution in [-0.2, 0) is 4.79 Å². The number of rotatable bonds is 7. The lowest BCUT2D eigenvalue weighted by Crippen LogP contribution is -2.21. The van der Waals surface area contributed by atoms with Crippen LogP contribution in [0.2, 0.25) is 6.32 Å². The number of unbranched alkanes of at least 4 members (excludes halogenated alkanes) is 1. The minimum absolute atomic E-state index is 0.0606. The molecule has 12 heavy (non-hydrogen) atoms. The maximum absolute atomic E-state index is 11.0. The van der Waals surface area contributed by atoms with Crippen LogP contribution < -0.4 is 5.73 Å². The number of nitrogens with two attached hydrogens (primary N) is 1. The quantitative estimate of drug-likeness (QED) is 0.407. The van der Waals surface area contributed by atoms with Crippen molar-refractivity contribution in [2.75, 3.05) is 6.54 Å². The Morgan fingerprint density at radius 2 is 2.17 bits per heavy atom. The van der Waals surface area contributed by atoms with Gasteiger partial charge in [0.1, 0.15) is 7.17 Å². The minimum Gasteiger partial charge on any atom is -0.330 e. The van der Waals surface area contributed by atoms with Gasteiger partial charge in [-0.1, -0.05) is 12.7 Å². The molecule has 0 saturated carbocycles. The second-order valence-electron chi connectivity index (χ2n) is 2.79. The molecule has 0 aliphatic rings.